The molecule has 0 saturated heterocycles. The summed E-state index contributed by atoms with van der Waals surface area (Å²) in [7, 11) is 0. The Kier molecular flexibility index (Phi) is 4.33. The highest BCUT2D eigenvalue weighted by Gasteiger charge is 2.16. The Morgan fingerprint density at radius 3 is 2.83 bits per heavy atom. The van der Waals surface area contributed by atoms with E-state index >= 15 is 0 Å². The van der Waals surface area contributed by atoms with Gasteiger partial charge in [0.05, 0.1) is 6.54 Å². The van der Waals surface area contributed by atoms with Crippen molar-refractivity contribution in [3.05, 3.63) is 46.9 Å². The maximum Gasteiger partial charge on any atom is 0.268 e. The van der Waals surface area contributed by atoms with Crippen LogP contribution in [0.5, 0.6) is 0 Å². The highest BCUT2D eigenvalue weighted by Crippen LogP contribution is 2.24. The monoisotopic (exact) mass is 329 g/mol. The van der Waals surface area contributed by atoms with Crippen LogP contribution in [0.25, 0.3) is 10.9 Å². The van der Waals surface area contributed by atoms with Gasteiger partial charge in [0.15, 0.2) is 0 Å². The van der Waals surface area contributed by atoms with Crippen molar-refractivity contribution < 1.29 is 9.18 Å². The Balaban J connectivity index is 1.75. The molecule has 0 unspecified atom stereocenters. The maximum atomic E-state index is 13.5. The molecule has 126 valence electrons. The molecule has 1 aromatic carbocycles. The lowest BCUT2D eigenvalue weighted by Gasteiger charge is -2.06. The van der Waals surface area contributed by atoms with E-state index in [0.29, 0.717) is 31.0 Å². The van der Waals surface area contributed by atoms with E-state index in [2.05, 4.69) is 20.4 Å². The number of rotatable bonds is 5. The number of carbonyl (C=O) groups excluding carboxylic acids is 1. The number of benzene rings is 1. The summed E-state index contributed by atoms with van der Waals surface area (Å²) in [6.45, 7) is 6.65. The molecular formula is C17H20FN5O. The fourth-order valence-corrected chi connectivity index (χ4v) is 2.92. The van der Waals surface area contributed by atoms with Gasteiger partial charge in [0.1, 0.15) is 23.2 Å². The second-order valence-electron chi connectivity index (χ2n) is 5.71. The topological polar surface area (TPSA) is 75.6 Å². The maximum absolute atomic E-state index is 13.5. The predicted molar refractivity (Wildman–Crippen MR) is 89.5 cm³/mol. The number of nitrogens with zero attached hydrogens (tertiary/aromatic N) is 3. The zero-order valence-corrected chi connectivity index (χ0v) is 14.0. The van der Waals surface area contributed by atoms with E-state index in [4.69, 9.17) is 0 Å². The van der Waals surface area contributed by atoms with Gasteiger partial charge in [-0.2, -0.15) is 5.10 Å². The fourth-order valence-electron chi connectivity index (χ4n) is 2.92. The lowest BCUT2D eigenvalue weighted by Crippen LogP contribution is -2.28. The third kappa shape index (κ3) is 3.02. The zero-order valence-electron chi connectivity index (χ0n) is 14.0. The predicted octanol–water partition coefficient (Wildman–Crippen LogP) is 2.51. The molecule has 0 radical (unpaired) electrons. The molecule has 2 heterocycles. The van der Waals surface area contributed by atoms with Gasteiger partial charge in [-0.15, -0.1) is 0 Å². The lowest BCUT2D eigenvalue weighted by molar-refractivity contribution is 0.0946. The average molecular weight is 329 g/mol. The number of fused-ring (bicyclic) bond motifs is 1. The van der Waals surface area contributed by atoms with E-state index in [1.165, 1.54) is 12.1 Å². The Labute approximate surface area is 139 Å². The van der Waals surface area contributed by atoms with E-state index in [1.807, 2.05) is 20.8 Å². The van der Waals surface area contributed by atoms with Crippen LogP contribution in [0.1, 0.15) is 34.6 Å². The molecule has 0 saturated carbocycles. The molecule has 3 rings (SSSR count). The quantitative estimate of drug-likeness (QED) is 0.755. The number of hydrogen-bond donors (Lipinski definition) is 2. The molecule has 7 heteroatoms. The van der Waals surface area contributed by atoms with Crippen molar-refractivity contribution in [2.24, 2.45) is 0 Å². The molecule has 6 nitrogen and oxygen atoms in total. The standard InChI is InChI=1S/C17H20FN5O/c1-4-13-14-9-12(18)5-6-15(14)21-16(13)17(24)19-7-8-23-11(3)20-10(2)22-23/h5-6,9,21H,4,7-8H2,1-3H3,(H,19,24). The van der Waals surface area contributed by atoms with Crippen molar-refractivity contribution in [3.63, 3.8) is 0 Å². The molecule has 0 bridgehead atoms. The number of hydrogen-bond acceptors (Lipinski definition) is 3. The summed E-state index contributed by atoms with van der Waals surface area (Å²) in [5, 5.41) is 7.90. The van der Waals surface area contributed by atoms with Crippen molar-refractivity contribution in [1.29, 1.82) is 0 Å². The van der Waals surface area contributed by atoms with Crippen LogP contribution in [0.2, 0.25) is 0 Å². The first-order valence-electron chi connectivity index (χ1n) is 7.96. The van der Waals surface area contributed by atoms with Crippen molar-refractivity contribution in [2.45, 2.75) is 33.7 Å². The van der Waals surface area contributed by atoms with Gasteiger partial charge in [-0.1, -0.05) is 6.92 Å². The third-order valence-corrected chi connectivity index (χ3v) is 4.02. The fraction of sp³-hybridized carbons (Fsp3) is 0.353. The molecule has 1 amide bonds. The van der Waals surface area contributed by atoms with E-state index in [0.717, 1.165) is 22.3 Å². The van der Waals surface area contributed by atoms with E-state index in [-0.39, 0.29) is 11.7 Å². The second kappa shape index (κ2) is 6.43. The number of aryl methyl sites for hydroxylation is 3. The Bertz CT molecular complexity index is 896. The summed E-state index contributed by atoms with van der Waals surface area (Å²) in [5.41, 5.74) is 2.08. The van der Waals surface area contributed by atoms with Crippen LogP contribution in [0.15, 0.2) is 18.2 Å². The van der Waals surface area contributed by atoms with Crippen molar-refractivity contribution >= 4 is 16.8 Å². The van der Waals surface area contributed by atoms with Crippen molar-refractivity contribution in [2.75, 3.05) is 6.54 Å². The highest BCUT2D eigenvalue weighted by molar-refractivity contribution is 6.01. The summed E-state index contributed by atoms with van der Waals surface area (Å²) in [6.07, 6.45) is 0.646. The van der Waals surface area contributed by atoms with Gasteiger partial charge in [-0.3, -0.25) is 4.79 Å². The molecule has 2 aromatic heterocycles. The molecule has 0 aliphatic carbocycles. The summed E-state index contributed by atoms with van der Waals surface area (Å²) < 4.78 is 15.2. The SMILES string of the molecule is CCc1c(C(=O)NCCn2nc(C)nc2C)[nH]c2ccc(F)cc12. The number of aromatic nitrogens is 4. The highest BCUT2D eigenvalue weighted by atomic mass is 19.1. The van der Waals surface area contributed by atoms with Crippen LogP contribution in [-0.2, 0) is 13.0 Å². The molecule has 0 aliphatic heterocycles. The molecule has 0 fully saturated rings. The molecule has 0 atom stereocenters. The number of amides is 1. The normalized spacial score (nSPS) is 11.2. The summed E-state index contributed by atoms with van der Waals surface area (Å²) >= 11 is 0. The summed E-state index contributed by atoms with van der Waals surface area (Å²) in [6, 6.07) is 4.50. The molecule has 0 spiro atoms. The average Bonchev–Trinajstić information content (AvgIpc) is 3.06. The summed E-state index contributed by atoms with van der Waals surface area (Å²) in [4.78, 5) is 19.8. The second-order valence-corrected chi connectivity index (χ2v) is 5.71. The minimum Gasteiger partial charge on any atom is -0.350 e. The minimum absolute atomic E-state index is 0.196. The molecular weight excluding hydrogens is 309 g/mol. The Morgan fingerprint density at radius 2 is 2.17 bits per heavy atom. The van der Waals surface area contributed by atoms with Gasteiger partial charge >= 0.3 is 0 Å². The van der Waals surface area contributed by atoms with E-state index in [1.54, 1.807) is 10.7 Å². The van der Waals surface area contributed by atoms with Crippen LogP contribution in [-0.4, -0.2) is 32.2 Å². The summed E-state index contributed by atoms with van der Waals surface area (Å²) in [5.74, 6) is 1.03. The zero-order chi connectivity index (χ0) is 17.3. The lowest BCUT2D eigenvalue weighted by atomic mass is 10.1. The van der Waals surface area contributed by atoms with E-state index < -0.39 is 0 Å². The van der Waals surface area contributed by atoms with E-state index in [9.17, 15) is 9.18 Å². The van der Waals surface area contributed by atoms with Gasteiger partial charge in [-0.05, 0) is 44.0 Å². The third-order valence-electron chi connectivity index (χ3n) is 4.02. The van der Waals surface area contributed by atoms with Gasteiger partial charge in [-0.25, -0.2) is 14.1 Å². The number of aromatic amines is 1. The Hall–Kier alpha value is -2.70. The van der Waals surface area contributed by atoms with Crippen LogP contribution in [0.3, 0.4) is 0 Å². The number of nitrogens with one attached hydrogen (secondary N) is 2. The van der Waals surface area contributed by atoms with Crippen LogP contribution in [0.4, 0.5) is 4.39 Å². The van der Waals surface area contributed by atoms with Gasteiger partial charge < -0.3 is 10.3 Å². The number of carbonyl (C=O) groups is 1. The van der Waals surface area contributed by atoms with Crippen molar-refractivity contribution in [3.8, 4) is 0 Å². The van der Waals surface area contributed by atoms with Gasteiger partial charge in [0, 0.05) is 17.4 Å². The number of H-pyrrole nitrogens is 1. The minimum atomic E-state index is -0.305. The van der Waals surface area contributed by atoms with Gasteiger partial charge in [0.25, 0.3) is 5.91 Å². The first-order valence-corrected chi connectivity index (χ1v) is 7.96. The number of halogens is 1. The first-order chi connectivity index (χ1) is 11.5. The Morgan fingerprint density at radius 1 is 1.38 bits per heavy atom. The first kappa shape index (κ1) is 16.2. The van der Waals surface area contributed by atoms with Crippen LogP contribution in [0, 0.1) is 19.7 Å². The van der Waals surface area contributed by atoms with Crippen molar-refractivity contribution in [1.82, 2.24) is 25.1 Å². The molecule has 0 aliphatic rings. The largest absolute Gasteiger partial charge is 0.350 e. The molecule has 2 N–H and O–H groups in total. The smallest absolute Gasteiger partial charge is 0.268 e. The van der Waals surface area contributed by atoms with Gasteiger partial charge in [0.2, 0.25) is 0 Å². The molecule has 3 aromatic rings. The molecule has 24 heavy (non-hydrogen) atoms. The van der Waals surface area contributed by atoms with Crippen LogP contribution >= 0.6 is 0 Å². The van der Waals surface area contributed by atoms with Crippen LogP contribution < -0.4 is 5.32 Å².